The predicted molar refractivity (Wildman–Crippen MR) is 157 cm³/mol. The number of rotatable bonds is 6. The van der Waals surface area contributed by atoms with Crippen LogP contribution in [0.15, 0.2) is 48.5 Å². The Morgan fingerprint density at radius 3 is 2.49 bits per heavy atom. The third-order valence-electron chi connectivity index (χ3n) is 9.58. The molecule has 0 atom stereocenters. The number of hydrogen-bond acceptors (Lipinski definition) is 4. The smallest absolute Gasteiger partial charge is 0.222 e. The zero-order valence-electron chi connectivity index (χ0n) is 24.0. The number of carbonyl (C=O) groups excluding carboxylic acids is 1. The first-order valence-electron chi connectivity index (χ1n) is 15.5. The van der Waals surface area contributed by atoms with Crippen molar-refractivity contribution in [3.05, 3.63) is 59.7 Å². The molecule has 5 nitrogen and oxygen atoms in total. The number of piperidine rings is 1. The standard InChI is InChI=1S/C34H48N2O3/c1-38-31-16-13-29(14-17-31)26-35-24-25-39-32-12-5-4-10-30(32)11-6-7-19-34(27-35)20-22-36(23-21-34)33(37)18-15-28-8-2-3-9-28/h4-5,10,12-14,16-17,28H,2-3,6-9,11,15,18-27H2,1H3. The number of nitrogens with zero attached hydrogens (tertiary/aromatic N) is 2. The predicted octanol–water partition coefficient (Wildman–Crippen LogP) is 6.88. The summed E-state index contributed by atoms with van der Waals surface area (Å²) in [5, 5.41) is 0. The molecule has 39 heavy (non-hydrogen) atoms. The molecule has 2 fully saturated rings. The zero-order valence-corrected chi connectivity index (χ0v) is 24.0. The van der Waals surface area contributed by atoms with Crippen LogP contribution in [-0.2, 0) is 17.8 Å². The average molecular weight is 533 g/mol. The molecule has 2 aliphatic heterocycles. The lowest BCUT2D eigenvalue weighted by Gasteiger charge is -2.45. The molecule has 2 aromatic rings. The fraction of sp³-hybridized carbons (Fsp3) is 0.618. The molecule has 1 saturated heterocycles. The van der Waals surface area contributed by atoms with Gasteiger partial charge in [0, 0.05) is 39.1 Å². The SMILES string of the molecule is COc1ccc(CN2CCOc3ccccc3CCCCC3(CCN(C(=O)CCC4CCCC4)CC3)C2)cc1. The Kier molecular flexibility index (Phi) is 9.84. The summed E-state index contributed by atoms with van der Waals surface area (Å²) in [6, 6.07) is 17.0. The van der Waals surface area contributed by atoms with Gasteiger partial charge in [0.1, 0.15) is 18.1 Å². The highest BCUT2D eigenvalue weighted by Crippen LogP contribution is 2.39. The fourth-order valence-electron chi connectivity index (χ4n) is 7.13. The first-order chi connectivity index (χ1) is 19.1. The molecule has 1 spiro atoms. The van der Waals surface area contributed by atoms with E-state index < -0.39 is 0 Å². The Bertz CT molecular complexity index is 1040. The largest absolute Gasteiger partial charge is 0.497 e. The van der Waals surface area contributed by atoms with Crippen molar-refractivity contribution in [3.63, 3.8) is 0 Å². The van der Waals surface area contributed by atoms with E-state index in [4.69, 9.17) is 9.47 Å². The summed E-state index contributed by atoms with van der Waals surface area (Å²) < 4.78 is 11.7. The monoisotopic (exact) mass is 532 g/mol. The number of likely N-dealkylation sites (tertiary alicyclic amines) is 1. The van der Waals surface area contributed by atoms with Crippen LogP contribution in [0.25, 0.3) is 0 Å². The first kappa shape index (κ1) is 28.0. The number of amides is 1. The van der Waals surface area contributed by atoms with Crippen LogP contribution in [0.5, 0.6) is 11.5 Å². The van der Waals surface area contributed by atoms with Crippen LogP contribution in [0.4, 0.5) is 0 Å². The molecule has 5 rings (SSSR count). The van der Waals surface area contributed by atoms with Crippen LogP contribution in [0.2, 0.25) is 0 Å². The molecule has 2 aromatic carbocycles. The van der Waals surface area contributed by atoms with Gasteiger partial charge in [0.15, 0.2) is 0 Å². The van der Waals surface area contributed by atoms with Gasteiger partial charge in [-0.15, -0.1) is 0 Å². The molecule has 0 N–H and O–H groups in total. The van der Waals surface area contributed by atoms with Gasteiger partial charge in [-0.3, -0.25) is 9.69 Å². The summed E-state index contributed by atoms with van der Waals surface area (Å²) in [7, 11) is 1.72. The van der Waals surface area contributed by atoms with Crippen LogP contribution < -0.4 is 9.47 Å². The summed E-state index contributed by atoms with van der Waals surface area (Å²) in [5.74, 6) is 3.12. The highest BCUT2D eigenvalue weighted by atomic mass is 16.5. The second-order valence-corrected chi connectivity index (χ2v) is 12.3. The van der Waals surface area contributed by atoms with Gasteiger partial charge in [-0.05, 0) is 79.2 Å². The lowest BCUT2D eigenvalue weighted by molar-refractivity contribution is -0.134. The maximum atomic E-state index is 13.1. The Labute approximate surface area is 235 Å². The van der Waals surface area contributed by atoms with Crippen molar-refractivity contribution >= 4 is 5.91 Å². The molecular formula is C34H48N2O3. The molecule has 0 aromatic heterocycles. The number of carbonyl (C=O) groups is 1. The van der Waals surface area contributed by atoms with Crippen LogP contribution in [0, 0.1) is 11.3 Å². The van der Waals surface area contributed by atoms with Gasteiger partial charge in [0.2, 0.25) is 5.91 Å². The normalized spacial score (nSPS) is 21.0. The van der Waals surface area contributed by atoms with E-state index in [-0.39, 0.29) is 5.41 Å². The highest BCUT2D eigenvalue weighted by molar-refractivity contribution is 5.76. The maximum absolute atomic E-state index is 13.1. The summed E-state index contributed by atoms with van der Waals surface area (Å²) in [6.45, 7) is 5.38. The lowest BCUT2D eigenvalue weighted by atomic mass is 9.73. The molecule has 5 heteroatoms. The van der Waals surface area contributed by atoms with Gasteiger partial charge >= 0.3 is 0 Å². The topological polar surface area (TPSA) is 42.0 Å². The highest BCUT2D eigenvalue weighted by Gasteiger charge is 2.37. The Morgan fingerprint density at radius 1 is 0.949 bits per heavy atom. The van der Waals surface area contributed by atoms with Crippen molar-refractivity contribution in [3.8, 4) is 11.5 Å². The minimum Gasteiger partial charge on any atom is -0.497 e. The molecular weight excluding hydrogens is 484 g/mol. The van der Waals surface area contributed by atoms with Crippen molar-refractivity contribution < 1.29 is 14.3 Å². The van der Waals surface area contributed by atoms with Crippen molar-refractivity contribution in [2.24, 2.45) is 11.3 Å². The number of aryl methyl sites for hydroxylation is 1. The van der Waals surface area contributed by atoms with Crippen LogP contribution in [0.1, 0.15) is 81.8 Å². The summed E-state index contributed by atoms with van der Waals surface area (Å²) in [6.07, 6.45) is 14.2. The van der Waals surface area contributed by atoms with E-state index in [1.165, 1.54) is 56.1 Å². The molecule has 1 saturated carbocycles. The van der Waals surface area contributed by atoms with E-state index >= 15 is 0 Å². The Morgan fingerprint density at radius 2 is 1.72 bits per heavy atom. The number of methoxy groups -OCH3 is 1. The number of benzene rings is 2. The molecule has 1 amide bonds. The summed E-state index contributed by atoms with van der Waals surface area (Å²) >= 11 is 0. The minimum absolute atomic E-state index is 0.257. The van der Waals surface area contributed by atoms with Crippen LogP contribution in [0.3, 0.4) is 0 Å². The third kappa shape index (κ3) is 7.78. The van der Waals surface area contributed by atoms with Gasteiger partial charge in [0.25, 0.3) is 0 Å². The van der Waals surface area contributed by atoms with Crippen molar-refractivity contribution in [1.82, 2.24) is 9.80 Å². The summed E-state index contributed by atoms with van der Waals surface area (Å²) in [5.41, 5.74) is 2.89. The lowest BCUT2D eigenvalue weighted by Crippen LogP contribution is -2.48. The second kappa shape index (κ2) is 13.7. The van der Waals surface area contributed by atoms with Gasteiger partial charge in [0.05, 0.1) is 7.11 Å². The minimum atomic E-state index is 0.257. The van der Waals surface area contributed by atoms with Crippen LogP contribution >= 0.6 is 0 Å². The van der Waals surface area contributed by atoms with Gasteiger partial charge in [-0.1, -0.05) is 62.4 Å². The van der Waals surface area contributed by atoms with E-state index in [1.54, 1.807) is 7.11 Å². The maximum Gasteiger partial charge on any atom is 0.222 e. The number of para-hydroxylation sites is 1. The van der Waals surface area contributed by atoms with E-state index in [1.807, 2.05) is 0 Å². The number of hydrogen-bond donors (Lipinski definition) is 0. The number of ether oxygens (including phenoxy) is 2. The van der Waals surface area contributed by atoms with Gasteiger partial charge < -0.3 is 14.4 Å². The Balaban J connectivity index is 1.26. The Hall–Kier alpha value is -2.53. The molecule has 1 aliphatic carbocycles. The molecule has 0 unspecified atom stereocenters. The van der Waals surface area contributed by atoms with Crippen molar-refractivity contribution in [1.29, 1.82) is 0 Å². The van der Waals surface area contributed by atoms with E-state index in [9.17, 15) is 4.79 Å². The van der Waals surface area contributed by atoms with Gasteiger partial charge in [-0.25, -0.2) is 0 Å². The molecule has 0 radical (unpaired) electrons. The van der Waals surface area contributed by atoms with Crippen molar-refractivity contribution in [2.45, 2.75) is 83.6 Å². The van der Waals surface area contributed by atoms with Gasteiger partial charge in [-0.2, -0.15) is 0 Å². The molecule has 2 heterocycles. The fourth-order valence-corrected chi connectivity index (χ4v) is 7.13. The third-order valence-corrected chi connectivity index (χ3v) is 9.58. The molecule has 3 aliphatic rings. The van der Waals surface area contributed by atoms with Crippen LogP contribution in [-0.4, -0.2) is 55.6 Å². The van der Waals surface area contributed by atoms with E-state index in [0.29, 0.717) is 12.5 Å². The molecule has 212 valence electrons. The van der Waals surface area contributed by atoms with Crippen molar-refractivity contribution in [2.75, 3.05) is 39.9 Å². The average Bonchev–Trinajstić information content (AvgIpc) is 3.49. The second-order valence-electron chi connectivity index (χ2n) is 12.3. The summed E-state index contributed by atoms with van der Waals surface area (Å²) in [4.78, 5) is 17.9. The zero-order chi connectivity index (χ0) is 26.9. The van der Waals surface area contributed by atoms with E-state index in [2.05, 4.69) is 58.3 Å². The molecule has 0 bridgehead atoms. The first-order valence-corrected chi connectivity index (χ1v) is 15.5. The van der Waals surface area contributed by atoms with E-state index in [0.717, 1.165) is 82.2 Å². The number of fused-ring (bicyclic) bond motifs is 1. The quantitative estimate of drug-likeness (QED) is 0.407.